The molecular formula is C22H31N3O4. The third kappa shape index (κ3) is 3.95. The van der Waals surface area contributed by atoms with Gasteiger partial charge < -0.3 is 14.5 Å². The van der Waals surface area contributed by atoms with E-state index in [1.165, 1.54) is 4.90 Å². The Morgan fingerprint density at radius 1 is 1.10 bits per heavy atom. The Hall–Kier alpha value is -2.57. The fraction of sp³-hybridized carbons (Fsp3) is 0.591. The first-order valence-electron chi connectivity index (χ1n) is 10.4. The number of hydrogen-bond acceptors (Lipinski definition) is 4. The molecule has 2 fully saturated rings. The number of nitrogens with zero attached hydrogens (tertiary/aromatic N) is 3. The molecule has 2 saturated heterocycles. The molecule has 3 rings (SSSR count). The average molecular weight is 402 g/mol. The second kappa shape index (κ2) is 8.43. The van der Waals surface area contributed by atoms with Crippen molar-refractivity contribution in [2.75, 3.05) is 26.2 Å². The Kier molecular flexibility index (Phi) is 6.15. The van der Waals surface area contributed by atoms with Gasteiger partial charge in [0.2, 0.25) is 0 Å². The van der Waals surface area contributed by atoms with Gasteiger partial charge in [-0.3, -0.25) is 14.5 Å². The zero-order valence-corrected chi connectivity index (χ0v) is 17.8. The molecule has 0 aliphatic carbocycles. The number of likely N-dealkylation sites (N-methyl/N-ethyl adjacent to an activating group) is 1. The molecule has 2 heterocycles. The zero-order chi connectivity index (χ0) is 21.2. The van der Waals surface area contributed by atoms with E-state index >= 15 is 0 Å². The van der Waals surface area contributed by atoms with Gasteiger partial charge in [-0.2, -0.15) is 0 Å². The summed E-state index contributed by atoms with van der Waals surface area (Å²) >= 11 is 0. The summed E-state index contributed by atoms with van der Waals surface area (Å²) in [4.78, 5) is 43.6. The van der Waals surface area contributed by atoms with Crippen molar-refractivity contribution < 1.29 is 19.1 Å². The number of carbonyl (C=O) groups excluding carboxylic acids is 3. The van der Waals surface area contributed by atoms with Gasteiger partial charge in [-0.05, 0) is 44.7 Å². The van der Waals surface area contributed by atoms with Crippen LogP contribution in [0.15, 0.2) is 30.3 Å². The highest BCUT2D eigenvalue weighted by Crippen LogP contribution is 2.38. The number of carbonyl (C=O) groups is 3. The summed E-state index contributed by atoms with van der Waals surface area (Å²) in [5, 5.41) is 0. The lowest BCUT2D eigenvalue weighted by Gasteiger charge is -2.43. The predicted molar refractivity (Wildman–Crippen MR) is 109 cm³/mol. The quantitative estimate of drug-likeness (QED) is 0.688. The molecule has 2 aliphatic heterocycles. The van der Waals surface area contributed by atoms with Crippen molar-refractivity contribution in [1.82, 2.24) is 14.7 Å². The summed E-state index contributed by atoms with van der Waals surface area (Å²) < 4.78 is 5.76. The van der Waals surface area contributed by atoms with Crippen LogP contribution in [0.4, 0.5) is 4.79 Å². The molecule has 158 valence electrons. The monoisotopic (exact) mass is 401 g/mol. The molecule has 7 heteroatoms. The first-order chi connectivity index (χ1) is 13.8. The number of benzene rings is 1. The standard InChI is InChI=1S/C22H31N3O4/c1-5-24-20(27)22(25(21(24)28)15-16(2)3)11-13-23(14-12-22)19(26)17(4)29-18-9-7-6-8-10-18/h6-10,16-17H,5,11-15H2,1-4H3. The number of urea groups is 1. The van der Waals surface area contributed by atoms with Gasteiger partial charge in [-0.15, -0.1) is 0 Å². The molecule has 1 unspecified atom stereocenters. The van der Waals surface area contributed by atoms with E-state index in [2.05, 4.69) is 0 Å². The fourth-order valence-corrected chi connectivity index (χ4v) is 4.27. The van der Waals surface area contributed by atoms with Gasteiger partial charge in [0.25, 0.3) is 11.8 Å². The molecule has 7 nitrogen and oxygen atoms in total. The van der Waals surface area contributed by atoms with Gasteiger partial charge in [-0.1, -0.05) is 32.0 Å². The van der Waals surface area contributed by atoms with Crippen LogP contribution in [-0.4, -0.2) is 70.4 Å². The minimum Gasteiger partial charge on any atom is -0.481 e. The van der Waals surface area contributed by atoms with Crippen molar-refractivity contribution in [3.8, 4) is 5.75 Å². The maximum absolute atomic E-state index is 13.1. The van der Waals surface area contributed by atoms with Gasteiger partial charge in [0.15, 0.2) is 6.10 Å². The third-order valence-electron chi connectivity index (χ3n) is 5.79. The van der Waals surface area contributed by atoms with Gasteiger partial charge in [-0.25, -0.2) is 4.79 Å². The van der Waals surface area contributed by atoms with Crippen LogP contribution in [0.2, 0.25) is 0 Å². The first kappa shape index (κ1) is 21.1. The molecule has 29 heavy (non-hydrogen) atoms. The summed E-state index contributed by atoms with van der Waals surface area (Å²) in [5.41, 5.74) is -0.822. The van der Waals surface area contributed by atoms with Gasteiger partial charge >= 0.3 is 6.03 Å². The largest absolute Gasteiger partial charge is 0.481 e. The predicted octanol–water partition coefficient (Wildman–Crippen LogP) is 2.76. The Labute approximate surface area is 172 Å². The van der Waals surface area contributed by atoms with Crippen molar-refractivity contribution >= 4 is 17.8 Å². The summed E-state index contributed by atoms with van der Waals surface area (Å²) in [6, 6.07) is 9.06. The van der Waals surface area contributed by atoms with E-state index < -0.39 is 11.6 Å². The maximum Gasteiger partial charge on any atom is 0.327 e. The van der Waals surface area contributed by atoms with Crippen LogP contribution in [0, 0.1) is 5.92 Å². The van der Waals surface area contributed by atoms with Crippen LogP contribution >= 0.6 is 0 Å². The number of para-hydroxylation sites is 1. The molecule has 1 atom stereocenters. The molecule has 4 amide bonds. The molecule has 0 N–H and O–H groups in total. The van der Waals surface area contributed by atoms with E-state index in [1.807, 2.05) is 51.1 Å². The molecule has 0 aromatic heterocycles. The minimum absolute atomic E-state index is 0.0942. The second-order valence-corrected chi connectivity index (χ2v) is 8.27. The van der Waals surface area contributed by atoms with Crippen molar-refractivity contribution in [2.45, 2.75) is 52.2 Å². The van der Waals surface area contributed by atoms with E-state index in [-0.39, 0.29) is 23.8 Å². The SMILES string of the molecule is CCN1C(=O)N(CC(C)C)C2(CCN(C(=O)C(C)Oc3ccccc3)CC2)C1=O. The molecule has 0 saturated carbocycles. The maximum atomic E-state index is 13.1. The summed E-state index contributed by atoms with van der Waals surface area (Å²) in [6.45, 7) is 9.44. The fourth-order valence-electron chi connectivity index (χ4n) is 4.27. The van der Waals surface area contributed by atoms with E-state index in [4.69, 9.17) is 4.74 Å². The number of amides is 4. The number of rotatable bonds is 6. The van der Waals surface area contributed by atoms with Crippen LogP contribution in [-0.2, 0) is 9.59 Å². The molecule has 0 bridgehead atoms. The highest BCUT2D eigenvalue weighted by Gasteiger charge is 2.57. The van der Waals surface area contributed by atoms with Crippen molar-refractivity contribution in [3.63, 3.8) is 0 Å². The van der Waals surface area contributed by atoms with E-state index in [1.54, 1.807) is 16.7 Å². The van der Waals surface area contributed by atoms with Crippen LogP contribution in [0.1, 0.15) is 40.5 Å². The van der Waals surface area contributed by atoms with Crippen molar-refractivity contribution in [1.29, 1.82) is 0 Å². The van der Waals surface area contributed by atoms with Gasteiger partial charge in [0, 0.05) is 26.2 Å². The van der Waals surface area contributed by atoms with Gasteiger partial charge in [0.1, 0.15) is 11.3 Å². The van der Waals surface area contributed by atoms with Crippen LogP contribution in [0.25, 0.3) is 0 Å². The smallest absolute Gasteiger partial charge is 0.327 e. The molecule has 0 radical (unpaired) electrons. The van der Waals surface area contributed by atoms with Gasteiger partial charge in [0.05, 0.1) is 0 Å². The zero-order valence-electron chi connectivity index (χ0n) is 17.8. The second-order valence-electron chi connectivity index (χ2n) is 8.27. The number of likely N-dealkylation sites (tertiary alicyclic amines) is 1. The third-order valence-corrected chi connectivity index (χ3v) is 5.79. The van der Waals surface area contributed by atoms with E-state index in [9.17, 15) is 14.4 Å². The van der Waals surface area contributed by atoms with Crippen LogP contribution in [0.5, 0.6) is 5.75 Å². The molecular weight excluding hydrogens is 370 g/mol. The normalized spacial score (nSPS) is 20.0. The molecule has 1 aromatic carbocycles. The van der Waals surface area contributed by atoms with Crippen LogP contribution < -0.4 is 4.74 Å². The number of hydrogen-bond donors (Lipinski definition) is 0. The summed E-state index contributed by atoms with van der Waals surface area (Å²) in [6.07, 6.45) is 0.320. The Balaban J connectivity index is 1.69. The topological polar surface area (TPSA) is 70.2 Å². The van der Waals surface area contributed by atoms with Crippen LogP contribution in [0.3, 0.4) is 0 Å². The highest BCUT2D eigenvalue weighted by molar-refractivity contribution is 6.07. The Bertz CT molecular complexity index is 757. The molecule has 1 aromatic rings. The lowest BCUT2D eigenvalue weighted by molar-refractivity contribution is -0.144. The number of ether oxygens (including phenoxy) is 1. The lowest BCUT2D eigenvalue weighted by Crippen LogP contribution is -2.59. The van der Waals surface area contributed by atoms with E-state index in [0.29, 0.717) is 44.8 Å². The first-order valence-corrected chi connectivity index (χ1v) is 10.4. The average Bonchev–Trinajstić information content (AvgIpc) is 2.89. The highest BCUT2D eigenvalue weighted by atomic mass is 16.5. The number of imide groups is 1. The number of piperidine rings is 1. The Morgan fingerprint density at radius 3 is 2.28 bits per heavy atom. The lowest BCUT2D eigenvalue weighted by atomic mass is 9.85. The molecule has 2 aliphatic rings. The summed E-state index contributed by atoms with van der Waals surface area (Å²) in [5.74, 6) is 0.703. The van der Waals surface area contributed by atoms with Crippen molar-refractivity contribution in [3.05, 3.63) is 30.3 Å². The molecule has 1 spiro atoms. The summed E-state index contributed by atoms with van der Waals surface area (Å²) in [7, 11) is 0. The Morgan fingerprint density at radius 2 is 1.72 bits per heavy atom. The van der Waals surface area contributed by atoms with Crippen molar-refractivity contribution in [2.24, 2.45) is 5.92 Å². The van der Waals surface area contributed by atoms with E-state index in [0.717, 1.165) is 0 Å². The minimum atomic E-state index is -0.822.